The van der Waals surface area contributed by atoms with E-state index >= 15 is 0 Å². The largest absolute Gasteiger partial charge is 0.416 e. The van der Waals surface area contributed by atoms with Crippen molar-refractivity contribution in [2.75, 3.05) is 17.7 Å². The third kappa shape index (κ3) is 5.06. The van der Waals surface area contributed by atoms with E-state index in [1.807, 2.05) is 0 Å². The molecule has 200 valence electrons. The molecular weight excluding hydrogens is 528 g/mol. The standard InChI is InChI=1S/C24H27F6N3OS.ClH/c1-13(34)33(19-7-17(23(25,26)27)6-18(8-19)24(28,29)30)20-12-35-21(32(20)2)31-22-9-14-3-15(10-22)5-16(4-14)11-22;/h6-8,14-16,20H,3-5,9-12H2,1-2H3;1H. The Kier molecular flexibility index (Phi) is 7.07. The number of carbonyl (C=O) groups is 1. The number of carbonyl (C=O) groups excluding carboxylic acids is 1. The monoisotopic (exact) mass is 555 g/mol. The Balaban J connectivity index is 0.00000304. The zero-order chi connectivity index (χ0) is 25.3. The highest BCUT2D eigenvalue weighted by Crippen LogP contribution is 2.57. The number of amides is 1. The lowest BCUT2D eigenvalue weighted by atomic mass is 9.53. The first-order valence-corrected chi connectivity index (χ1v) is 12.8. The summed E-state index contributed by atoms with van der Waals surface area (Å²) in [6, 6.07) is 1.31. The molecule has 4 bridgehead atoms. The molecule has 1 aliphatic heterocycles. The van der Waals surface area contributed by atoms with Crippen LogP contribution in [0, 0.1) is 17.8 Å². The summed E-state index contributed by atoms with van der Waals surface area (Å²) in [5.41, 5.74) is -3.44. The van der Waals surface area contributed by atoms with E-state index < -0.39 is 41.2 Å². The fourth-order valence-corrected chi connectivity index (χ4v) is 8.15. The van der Waals surface area contributed by atoms with Crippen molar-refractivity contribution in [2.24, 2.45) is 22.7 Å². The Morgan fingerprint density at radius 1 is 0.972 bits per heavy atom. The third-order valence-electron chi connectivity index (χ3n) is 7.94. The molecule has 0 spiro atoms. The van der Waals surface area contributed by atoms with Crippen LogP contribution in [0.15, 0.2) is 23.2 Å². The highest BCUT2D eigenvalue weighted by atomic mass is 35.5. The Bertz CT molecular complexity index is 992. The maximum atomic E-state index is 13.4. The van der Waals surface area contributed by atoms with Crippen molar-refractivity contribution in [1.82, 2.24) is 4.90 Å². The van der Waals surface area contributed by atoms with Gasteiger partial charge in [0.15, 0.2) is 5.17 Å². The van der Waals surface area contributed by atoms with Crippen LogP contribution in [0.1, 0.15) is 56.6 Å². The van der Waals surface area contributed by atoms with Gasteiger partial charge in [0.05, 0.1) is 16.7 Å². The molecule has 0 N–H and O–H groups in total. The van der Waals surface area contributed by atoms with Gasteiger partial charge in [-0.2, -0.15) is 26.3 Å². The van der Waals surface area contributed by atoms with Crippen LogP contribution < -0.4 is 4.90 Å². The molecule has 5 aliphatic rings. The molecule has 1 saturated heterocycles. The Morgan fingerprint density at radius 2 is 1.44 bits per heavy atom. The summed E-state index contributed by atoms with van der Waals surface area (Å²) in [5, 5.41) is 0.700. The van der Waals surface area contributed by atoms with Gasteiger partial charge in [-0.05, 0) is 74.5 Å². The summed E-state index contributed by atoms with van der Waals surface area (Å²) in [4.78, 5) is 20.5. The summed E-state index contributed by atoms with van der Waals surface area (Å²) in [6.07, 6.45) is -3.86. The average Bonchev–Trinajstić information content (AvgIpc) is 3.05. The van der Waals surface area contributed by atoms with Crippen molar-refractivity contribution in [3.63, 3.8) is 0 Å². The normalized spacial score (nSPS) is 32.7. The molecule has 4 aliphatic carbocycles. The van der Waals surface area contributed by atoms with E-state index in [2.05, 4.69) is 0 Å². The molecule has 1 aromatic rings. The molecule has 1 unspecified atom stereocenters. The van der Waals surface area contributed by atoms with Gasteiger partial charge in [0.25, 0.3) is 0 Å². The zero-order valence-electron chi connectivity index (χ0n) is 19.8. The maximum absolute atomic E-state index is 13.4. The van der Waals surface area contributed by atoms with Gasteiger partial charge in [0.1, 0.15) is 6.17 Å². The van der Waals surface area contributed by atoms with Crippen LogP contribution in [0.3, 0.4) is 0 Å². The number of thioether (sulfide) groups is 1. The van der Waals surface area contributed by atoms with Gasteiger partial charge in [-0.15, -0.1) is 12.4 Å². The second-order valence-corrected chi connectivity index (χ2v) is 11.6. The molecule has 0 radical (unpaired) electrons. The van der Waals surface area contributed by atoms with Gasteiger partial charge in [-0.1, -0.05) is 11.8 Å². The van der Waals surface area contributed by atoms with E-state index in [1.54, 1.807) is 11.9 Å². The summed E-state index contributed by atoms with van der Waals surface area (Å²) in [6.45, 7) is 1.15. The molecule has 4 saturated carbocycles. The minimum atomic E-state index is -4.99. The lowest BCUT2D eigenvalue weighted by molar-refractivity contribution is -0.143. The van der Waals surface area contributed by atoms with Crippen LogP contribution >= 0.6 is 24.2 Å². The molecule has 1 aromatic carbocycles. The van der Waals surface area contributed by atoms with Crippen LogP contribution in [0.5, 0.6) is 0 Å². The van der Waals surface area contributed by atoms with Crippen LogP contribution in [-0.4, -0.2) is 40.5 Å². The molecule has 1 heterocycles. The molecule has 1 amide bonds. The van der Waals surface area contributed by atoms with Crippen molar-refractivity contribution in [2.45, 2.75) is 69.5 Å². The summed E-state index contributed by atoms with van der Waals surface area (Å²) in [5.74, 6) is 1.71. The van der Waals surface area contributed by atoms with Gasteiger partial charge in [-0.3, -0.25) is 14.7 Å². The number of nitrogens with zero attached hydrogens (tertiary/aromatic N) is 3. The fraction of sp³-hybridized carbons (Fsp3) is 0.667. The van der Waals surface area contributed by atoms with Gasteiger partial charge in [0, 0.05) is 25.4 Å². The predicted octanol–water partition coefficient (Wildman–Crippen LogP) is 6.83. The molecular formula is C24H28ClF6N3OS. The van der Waals surface area contributed by atoms with Gasteiger partial charge in [0.2, 0.25) is 5.91 Å². The van der Waals surface area contributed by atoms with E-state index in [-0.39, 0.29) is 24.0 Å². The number of rotatable bonds is 3. The highest BCUT2D eigenvalue weighted by Gasteiger charge is 2.52. The van der Waals surface area contributed by atoms with Gasteiger partial charge >= 0.3 is 12.4 Å². The second kappa shape index (κ2) is 9.29. The van der Waals surface area contributed by atoms with E-state index in [0.29, 0.717) is 40.8 Å². The number of halogens is 7. The Hall–Kier alpha value is -1.62. The number of aliphatic imine (C=N–C) groups is 1. The van der Waals surface area contributed by atoms with Crippen molar-refractivity contribution in [3.05, 3.63) is 29.3 Å². The van der Waals surface area contributed by atoms with E-state index in [0.717, 1.165) is 31.1 Å². The first-order chi connectivity index (χ1) is 16.2. The first kappa shape index (κ1) is 27.4. The van der Waals surface area contributed by atoms with Gasteiger partial charge in [-0.25, -0.2) is 0 Å². The lowest BCUT2D eigenvalue weighted by Gasteiger charge is -2.55. The summed E-state index contributed by atoms with van der Waals surface area (Å²) < 4.78 is 80.6. The smallest absolute Gasteiger partial charge is 0.333 e. The molecule has 6 rings (SSSR count). The SMILES string of the molecule is CC(=O)N(c1cc(C(F)(F)F)cc(C(F)(F)F)c1)C1CSC(=NC23CC4CC(CC(C4)C2)C3)N1C.Cl. The van der Waals surface area contributed by atoms with Crippen molar-refractivity contribution < 1.29 is 31.1 Å². The quantitative estimate of drug-likeness (QED) is 0.384. The number of hydrogen-bond acceptors (Lipinski definition) is 3. The van der Waals surface area contributed by atoms with Crippen molar-refractivity contribution in [1.29, 1.82) is 0 Å². The molecule has 36 heavy (non-hydrogen) atoms. The van der Waals surface area contributed by atoms with E-state index in [1.165, 1.54) is 31.0 Å². The Morgan fingerprint density at radius 3 is 1.86 bits per heavy atom. The van der Waals surface area contributed by atoms with Crippen LogP contribution in [0.25, 0.3) is 0 Å². The molecule has 4 nitrogen and oxygen atoms in total. The predicted molar refractivity (Wildman–Crippen MR) is 129 cm³/mol. The van der Waals surface area contributed by atoms with Crippen molar-refractivity contribution in [3.8, 4) is 0 Å². The number of anilines is 1. The first-order valence-electron chi connectivity index (χ1n) is 11.8. The third-order valence-corrected chi connectivity index (χ3v) is 9.04. The second-order valence-electron chi connectivity index (χ2n) is 10.6. The minimum Gasteiger partial charge on any atom is -0.333 e. The zero-order valence-corrected chi connectivity index (χ0v) is 21.5. The highest BCUT2D eigenvalue weighted by molar-refractivity contribution is 8.14. The molecule has 12 heteroatoms. The van der Waals surface area contributed by atoms with Gasteiger partial charge < -0.3 is 4.90 Å². The van der Waals surface area contributed by atoms with Crippen LogP contribution in [0.2, 0.25) is 0 Å². The number of amidine groups is 1. The lowest BCUT2D eigenvalue weighted by Crippen LogP contribution is -2.51. The summed E-state index contributed by atoms with van der Waals surface area (Å²) in [7, 11) is 1.71. The average molecular weight is 556 g/mol. The van der Waals surface area contributed by atoms with E-state index in [9.17, 15) is 31.1 Å². The topological polar surface area (TPSA) is 35.9 Å². The van der Waals surface area contributed by atoms with Crippen molar-refractivity contribution >= 4 is 40.9 Å². The minimum absolute atomic E-state index is 0. The summed E-state index contributed by atoms with van der Waals surface area (Å²) >= 11 is 1.41. The van der Waals surface area contributed by atoms with Crippen LogP contribution in [-0.2, 0) is 17.1 Å². The molecule has 0 aromatic heterocycles. The number of alkyl halides is 6. The molecule has 5 fully saturated rings. The fourth-order valence-electron chi connectivity index (χ4n) is 6.90. The number of hydrogen-bond donors (Lipinski definition) is 0. The number of benzene rings is 1. The Labute approximate surface area is 216 Å². The van der Waals surface area contributed by atoms with E-state index in [4.69, 9.17) is 4.99 Å². The maximum Gasteiger partial charge on any atom is 0.416 e. The van der Waals surface area contributed by atoms with Crippen LogP contribution in [0.4, 0.5) is 32.0 Å². The molecule has 1 atom stereocenters.